The predicted octanol–water partition coefficient (Wildman–Crippen LogP) is 4.84. The van der Waals surface area contributed by atoms with Crippen LogP contribution in [0.1, 0.15) is 29.3 Å². The molecule has 2 aromatic heterocycles. The highest BCUT2D eigenvalue weighted by Gasteiger charge is 2.20. The Balaban J connectivity index is 0.00000178. The molecule has 8 nitrogen and oxygen atoms in total. The molecule has 1 aromatic carbocycles. The molecule has 0 unspecified atom stereocenters. The number of piperazine rings is 1. The molecule has 2 aliphatic heterocycles. The van der Waals surface area contributed by atoms with Crippen molar-refractivity contribution in [1.29, 1.82) is 0 Å². The van der Waals surface area contributed by atoms with Crippen molar-refractivity contribution in [3.8, 4) is 10.6 Å². The van der Waals surface area contributed by atoms with E-state index in [-0.39, 0.29) is 43.1 Å². The standard InChI is InChI=1S/C27H36N6O2S.3ClH/c1-3-31-9-11-32(12-10-31)8-4-7-28-27-29-19-20(2)25(30-27)24-17-21-5-6-22(18-23(21)36-24)26(34)33-13-15-35-16-14-33;;;/h5-6,17-19H,3-4,7-16H2,1-2H3,(H,28,29,30);3*1H. The van der Waals surface area contributed by atoms with Crippen LogP contribution < -0.4 is 5.32 Å². The van der Waals surface area contributed by atoms with Crippen molar-refractivity contribution in [3.05, 3.63) is 41.6 Å². The van der Waals surface area contributed by atoms with E-state index in [2.05, 4.69) is 33.1 Å². The summed E-state index contributed by atoms with van der Waals surface area (Å²) >= 11 is 1.68. The molecule has 0 saturated carbocycles. The Kier molecular flexibility index (Phi) is 13.7. The second kappa shape index (κ2) is 15.9. The van der Waals surface area contributed by atoms with Crippen LogP contribution in [-0.2, 0) is 4.74 Å². The van der Waals surface area contributed by atoms with Gasteiger partial charge in [-0.3, -0.25) is 4.79 Å². The fourth-order valence-electron chi connectivity index (χ4n) is 4.84. The molecule has 1 N–H and O–H groups in total. The van der Waals surface area contributed by atoms with E-state index >= 15 is 0 Å². The number of likely N-dealkylation sites (N-methyl/N-ethyl adjacent to an activating group) is 1. The number of benzene rings is 1. The lowest BCUT2D eigenvalue weighted by atomic mass is 10.1. The summed E-state index contributed by atoms with van der Waals surface area (Å²) < 4.78 is 6.48. The number of anilines is 1. The van der Waals surface area contributed by atoms with Crippen LogP contribution in [0.4, 0.5) is 5.95 Å². The summed E-state index contributed by atoms with van der Waals surface area (Å²) in [4.78, 5) is 30.3. The maximum Gasteiger partial charge on any atom is 0.254 e. The molecule has 2 aliphatic rings. The van der Waals surface area contributed by atoms with Gasteiger partial charge in [-0.15, -0.1) is 48.6 Å². The Bertz CT molecular complexity index is 1200. The number of ether oxygens (including phenoxy) is 1. The number of hydrogen-bond acceptors (Lipinski definition) is 8. The molecule has 3 aromatic rings. The van der Waals surface area contributed by atoms with Crippen LogP contribution in [0.2, 0.25) is 0 Å². The van der Waals surface area contributed by atoms with Crippen LogP contribution >= 0.6 is 48.6 Å². The van der Waals surface area contributed by atoms with Gasteiger partial charge in [0.2, 0.25) is 5.95 Å². The van der Waals surface area contributed by atoms with Gasteiger partial charge >= 0.3 is 0 Å². The number of nitrogens with one attached hydrogen (secondary N) is 1. The Morgan fingerprint density at radius 3 is 2.46 bits per heavy atom. The van der Waals surface area contributed by atoms with Crippen molar-refractivity contribution in [3.63, 3.8) is 0 Å². The van der Waals surface area contributed by atoms with E-state index in [4.69, 9.17) is 9.72 Å². The first kappa shape index (κ1) is 33.5. The highest BCUT2D eigenvalue weighted by Crippen LogP contribution is 2.35. The summed E-state index contributed by atoms with van der Waals surface area (Å²) in [6.07, 6.45) is 2.97. The van der Waals surface area contributed by atoms with Gasteiger partial charge < -0.3 is 24.8 Å². The smallest absolute Gasteiger partial charge is 0.254 e. The molecule has 0 radical (unpaired) electrons. The molecular formula is C27H39Cl3N6O2S. The van der Waals surface area contributed by atoms with Gasteiger partial charge in [-0.1, -0.05) is 13.0 Å². The Morgan fingerprint density at radius 1 is 1.03 bits per heavy atom. The number of nitrogens with zero attached hydrogens (tertiary/aromatic N) is 5. The Hall–Kier alpha value is -1.72. The van der Waals surface area contributed by atoms with Crippen molar-refractivity contribution < 1.29 is 9.53 Å². The predicted molar refractivity (Wildman–Crippen MR) is 168 cm³/mol. The number of aryl methyl sites for hydroxylation is 1. The number of morpholine rings is 1. The molecule has 2 fully saturated rings. The fraction of sp³-hybridized carbons (Fsp3) is 0.519. The molecular weight excluding hydrogens is 579 g/mol. The number of halogens is 3. The topological polar surface area (TPSA) is 73.8 Å². The third-order valence-electron chi connectivity index (χ3n) is 7.12. The van der Waals surface area contributed by atoms with Gasteiger partial charge in [0.25, 0.3) is 5.91 Å². The first-order valence-corrected chi connectivity index (χ1v) is 13.9. The van der Waals surface area contributed by atoms with E-state index in [1.807, 2.05) is 36.2 Å². The van der Waals surface area contributed by atoms with Gasteiger partial charge in [0.05, 0.1) is 23.8 Å². The average Bonchev–Trinajstić information content (AvgIpc) is 3.35. The zero-order chi connectivity index (χ0) is 24.9. The molecule has 216 valence electrons. The zero-order valence-corrected chi connectivity index (χ0v) is 25.8. The van der Waals surface area contributed by atoms with E-state index < -0.39 is 0 Å². The normalized spacial score (nSPS) is 16.2. The van der Waals surface area contributed by atoms with Gasteiger partial charge in [0, 0.05) is 62.3 Å². The lowest BCUT2D eigenvalue weighted by Gasteiger charge is -2.33. The van der Waals surface area contributed by atoms with Crippen molar-refractivity contribution >= 4 is 70.5 Å². The SMILES string of the molecule is CCN1CCN(CCCNc2ncc(C)c(-c3cc4ccc(C(=O)N5CCOCC5)cc4s3)n2)CC1.Cl.Cl.Cl. The van der Waals surface area contributed by atoms with Crippen LogP contribution in [-0.4, -0.2) is 103 Å². The van der Waals surface area contributed by atoms with Gasteiger partial charge in [-0.05, 0) is 55.6 Å². The molecule has 0 spiro atoms. The third kappa shape index (κ3) is 8.39. The second-order valence-corrected chi connectivity index (χ2v) is 10.6. The summed E-state index contributed by atoms with van der Waals surface area (Å²) in [6.45, 7) is 14.6. The molecule has 0 atom stereocenters. The van der Waals surface area contributed by atoms with Crippen LogP contribution in [0.5, 0.6) is 0 Å². The molecule has 12 heteroatoms. The number of carbonyl (C=O) groups is 1. The molecule has 1 amide bonds. The van der Waals surface area contributed by atoms with Gasteiger partial charge in [-0.25, -0.2) is 9.97 Å². The summed E-state index contributed by atoms with van der Waals surface area (Å²) in [7, 11) is 0. The number of aromatic nitrogens is 2. The van der Waals surface area contributed by atoms with Crippen molar-refractivity contribution in [2.75, 3.05) is 77.4 Å². The highest BCUT2D eigenvalue weighted by molar-refractivity contribution is 7.22. The van der Waals surface area contributed by atoms with Gasteiger partial charge in [-0.2, -0.15) is 0 Å². The number of fused-ring (bicyclic) bond motifs is 1. The van der Waals surface area contributed by atoms with Gasteiger partial charge in [0.15, 0.2) is 0 Å². The third-order valence-corrected chi connectivity index (χ3v) is 8.22. The number of rotatable bonds is 8. The largest absolute Gasteiger partial charge is 0.378 e. The molecule has 0 aliphatic carbocycles. The first-order valence-electron chi connectivity index (χ1n) is 13.0. The fourth-order valence-corrected chi connectivity index (χ4v) is 6.00. The van der Waals surface area contributed by atoms with Crippen molar-refractivity contribution in [2.45, 2.75) is 20.3 Å². The van der Waals surface area contributed by atoms with Crippen molar-refractivity contribution in [1.82, 2.24) is 24.7 Å². The average molecular weight is 618 g/mol. The van der Waals surface area contributed by atoms with E-state index in [0.29, 0.717) is 32.3 Å². The van der Waals surface area contributed by atoms with E-state index in [1.165, 1.54) is 13.1 Å². The lowest BCUT2D eigenvalue weighted by molar-refractivity contribution is 0.0303. The van der Waals surface area contributed by atoms with E-state index in [1.54, 1.807) is 11.3 Å². The van der Waals surface area contributed by atoms with Crippen LogP contribution in [0.3, 0.4) is 0 Å². The summed E-state index contributed by atoms with van der Waals surface area (Å²) in [6, 6.07) is 8.15. The maximum absolute atomic E-state index is 12.9. The minimum Gasteiger partial charge on any atom is -0.378 e. The van der Waals surface area contributed by atoms with Crippen LogP contribution in [0.25, 0.3) is 20.7 Å². The zero-order valence-electron chi connectivity index (χ0n) is 22.6. The maximum atomic E-state index is 12.9. The van der Waals surface area contributed by atoms with E-state index in [9.17, 15) is 4.79 Å². The first-order chi connectivity index (χ1) is 17.6. The number of amides is 1. The number of hydrogen-bond donors (Lipinski definition) is 1. The molecule has 39 heavy (non-hydrogen) atoms. The van der Waals surface area contributed by atoms with Gasteiger partial charge in [0.1, 0.15) is 0 Å². The van der Waals surface area contributed by atoms with E-state index in [0.717, 1.165) is 70.9 Å². The lowest BCUT2D eigenvalue weighted by Crippen LogP contribution is -2.46. The highest BCUT2D eigenvalue weighted by atomic mass is 35.5. The Labute approximate surface area is 253 Å². The summed E-state index contributed by atoms with van der Waals surface area (Å²) in [5.74, 6) is 0.749. The van der Waals surface area contributed by atoms with Crippen LogP contribution in [0.15, 0.2) is 30.5 Å². The summed E-state index contributed by atoms with van der Waals surface area (Å²) in [5, 5.41) is 4.55. The monoisotopic (exact) mass is 616 g/mol. The molecule has 5 rings (SSSR count). The number of carbonyl (C=O) groups excluding carboxylic acids is 1. The summed E-state index contributed by atoms with van der Waals surface area (Å²) in [5.41, 5.74) is 2.73. The molecule has 2 saturated heterocycles. The number of thiophene rings is 1. The van der Waals surface area contributed by atoms with Crippen molar-refractivity contribution in [2.24, 2.45) is 0 Å². The Morgan fingerprint density at radius 2 is 1.74 bits per heavy atom. The minimum atomic E-state index is 0. The quantitative estimate of drug-likeness (QED) is 0.363. The molecule has 0 bridgehead atoms. The second-order valence-electron chi connectivity index (χ2n) is 9.55. The molecule has 4 heterocycles. The minimum absolute atomic E-state index is 0. The van der Waals surface area contributed by atoms with Crippen LogP contribution in [0, 0.1) is 6.92 Å².